The van der Waals surface area contributed by atoms with Crippen LogP contribution in [0, 0.1) is 20.8 Å². The Morgan fingerprint density at radius 2 is 1.30 bits per heavy atom. The van der Waals surface area contributed by atoms with Crippen molar-refractivity contribution in [3.05, 3.63) is 130 Å². The van der Waals surface area contributed by atoms with Crippen molar-refractivity contribution in [3.63, 3.8) is 0 Å². The number of para-hydroxylation sites is 2. The molecule has 8 nitrogen and oxygen atoms in total. The van der Waals surface area contributed by atoms with Crippen molar-refractivity contribution in [2.75, 3.05) is 17.8 Å². The molecule has 0 aliphatic heterocycles. The van der Waals surface area contributed by atoms with Crippen LogP contribution in [0.1, 0.15) is 43.0 Å². The SMILES string of the molecule is CNC(=O)c1ccc2c(-c3c(O)c(C(=O)Nc4ccccc4C)cc4cc(C)ccc34)c(O)c(CONc3ccccc3C)cc2c1. The number of fused-ring (bicyclic) bond motifs is 2. The van der Waals surface area contributed by atoms with Gasteiger partial charge in [0, 0.05) is 35.0 Å². The van der Waals surface area contributed by atoms with Gasteiger partial charge in [0.2, 0.25) is 0 Å². The van der Waals surface area contributed by atoms with E-state index in [2.05, 4.69) is 16.1 Å². The highest BCUT2D eigenvalue weighted by Crippen LogP contribution is 2.48. The number of aryl methyl sites for hydroxylation is 3. The molecule has 0 aliphatic carbocycles. The summed E-state index contributed by atoms with van der Waals surface area (Å²) < 4.78 is 0. The first-order valence-electron chi connectivity index (χ1n) is 15.2. The van der Waals surface area contributed by atoms with Gasteiger partial charge in [0.1, 0.15) is 18.1 Å². The molecule has 8 heteroatoms. The Labute approximate surface area is 272 Å². The molecule has 0 radical (unpaired) electrons. The molecule has 0 saturated carbocycles. The molecule has 5 N–H and O–H groups in total. The zero-order chi connectivity index (χ0) is 33.2. The van der Waals surface area contributed by atoms with E-state index in [9.17, 15) is 19.8 Å². The molecule has 0 aromatic heterocycles. The minimum atomic E-state index is -0.492. The van der Waals surface area contributed by atoms with Crippen LogP contribution in [0.4, 0.5) is 11.4 Å². The molecule has 2 amide bonds. The zero-order valence-corrected chi connectivity index (χ0v) is 26.6. The number of nitrogens with one attached hydrogen (secondary N) is 3. The van der Waals surface area contributed by atoms with E-state index in [0.717, 1.165) is 22.4 Å². The van der Waals surface area contributed by atoms with Crippen molar-refractivity contribution in [1.82, 2.24) is 5.32 Å². The van der Waals surface area contributed by atoms with E-state index in [0.29, 0.717) is 49.5 Å². The van der Waals surface area contributed by atoms with Gasteiger partial charge in [0.15, 0.2) is 0 Å². The molecule has 0 spiro atoms. The number of hydrogen-bond acceptors (Lipinski definition) is 6. The highest BCUT2D eigenvalue weighted by atomic mass is 16.6. The summed E-state index contributed by atoms with van der Waals surface area (Å²) in [5.74, 6) is -1.16. The van der Waals surface area contributed by atoms with Crippen LogP contribution in [0.2, 0.25) is 0 Å². The summed E-state index contributed by atoms with van der Waals surface area (Å²) in [5, 5.41) is 32.1. The number of phenols is 2. The van der Waals surface area contributed by atoms with Gasteiger partial charge in [-0.1, -0.05) is 66.2 Å². The number of benzene rings is 6. The van der Waals surface area contributed by atoms with Crippen LogP contribution in [0.5, 0.6) is 11.5 Å². The minimum Gasteiger partial charge on any atom is -0.507 e. The lowest BCUT2D eigenvalue weighted by molar-refractivity contribution is 0.0962. The van der Waals surface area contributed by atoms with E-state index >= 15 is 0 Å². The van der Waals surface area contributed by atoms with Crippen LogP contribution >= 0.6 is 0 Å². The lowest BCUT2D eigenvalue weighted by Crippen LogP contribution is -2.17. The largest absolute Gasteiger partial charge is 0.507 e. The van der Waals surface area contributed by atoms with Crippen molar-refractivity contribution in [3.8, 4) is 22.6 Å². The molecule has 0 unspecified atom stereocenters. The predicted molar refractivity (Wildman–Crippen MR) is 187 cm³/mol. The van der Waals surface area contributed by atoms with E-state index in [1.165, 1.54) is 0 Å². The molecule has 236 valence electrons. The average molecular weight is 626 g/mol. The van der Waals surface area contributed by atoms with Gasteiger partial charge < -0.3 is 20.8 Å². The fourth-order valence-corrected chi connectivity index (χ4v) is 5.83. The normalized spacial score (nSPS) is 11.1. The van der Waals surface area contributed by atoms with E-state index in [4.69, 9.17) is 4.84 Å². The molecular formula is C39H35N3O5. The standard InChI is InChI=1S/C39H35N3O5/c1-22-13-15-29-26(17-22)20-31(39(46)41-32-11-7-5-9-23(32)2)37(44)35(29)34-30-16-14-25(38(45)40-4)18-27(30)19-28(36(34)43)21-47-42-33-12-8-6-10-24(33)3/h5-20,42-44H,21H2,1-4H3,(H,40,45)(H,41,46). The fraction of sp³-hybridized carbons (Fsp3) is 0.128. The Hall–Kier alpha value is -5.86. The van der Waals surface area contributed by atoms with Gasteiger partial charge in [-0.05, 0) is 89.8 Å². The smallest absolute Gasteiger partial charge is 0.259 e. The topological polar surface area (TPSA) is 120 Å². The van der Waals surface area contributed by atoms with Gasteiger partial charge in [0.05, 0.1) is 11.3 Å². The fourth-order valence-electron chi connectivity index (χ4n) is 5.83. The van der Waals surface area contributed by atoms with Gasteiger partial charge in [-0.15, -0.1) is 0 Å². The molecular weight excluding hydrogens is 590 g/mol. The first-order valence-corrected chi connectivity index (χ1v) is 15.2. The molecule has 0 atom stereocenters. The van der Waals surface area contributed by atoms with Gasteiger partial charge in [0.25, 0.3) is 11.8 Å². The predicted octanol–water partition coefficient (Wildman–Crippen LogP) is 8.15. The molecule has 0 bridgehead atoms. The summed E-state index contributed by atoms with van der Waals surface area (Å²) in [5.41, 5.74) is 8.69. The first kappa shape index (κ1) is 31.1. The van der Waals surface area contributed by atoms with Crippen molar-refractivity contribution >= 4 is 44.7 Å². The summed E-state index contributed by atoms with van der Waals surface area (Å²) in [6.07, 6.45) is 0. The van der Waals surface area contributed by atoms with E-state index < -0.39 is 5.91 Å². The Bertz CT molecular complexity index is 2190. The number of amides is 2. The second-order valence-corrected chi connectivity index (χ2v) is 11.6. The van der Waals surface area contributed by atoms with Gasteiger partial charge in [-0.3, -0.25) is 19.9 Å². The lowest BCUT2D eigenvalue weighted by Gasteiger charge is -2.20. The molecule has 0 saturated heterocycles. The zero-order valence-electron chi connectivity index (χ0n) is 26.6. The molecule has 0 fully saturated rings. The lowest BCUT2D eigenvalue weighted by atomic mass is 9.88. The maximum absolute atomic E-state index is 13.8. The second kappa shape index (κ2) is 12.9. The number of rotatable bonds is 8. The Balaban J connectivity index is 1.56. The van der Waals surface area contributed by atoms with Crippen LogP contribution in [-0.2, 0) is 11.4 Å². The number of anilines is 2. The average Bonchev–Trinajstić information content (AvgIpc) is 3.06. The van der Waals surface area contributed by atoms with E-state index in [1.807, 2.05) is 81.4 Å². The number of hydrogen-bond donors (Lipinski definition) is 5. The Morgan fingerprint density at radius 1 is 0.681 bits per heavy atom. The number of aromatic hydroxyl groups is 2. The van der Waals surface area contributed by atoms with Crippen LogP contribution in [0.15, 0.2) is 97.1 Å². The molecule has 6 rings (SSSR count). The maximum atomic E-state index is 13.8. The van der Waals surface area contributed by atoms with Gasteiger partial charge in [-0.25, -0.2) is 0 Å². The number of phenolic OH excluding ortho intramolecular Hbond substituents is 2. The van der Waals surface area contributed by atoms with Crippen molar-refractivity contribution < 1.29 is 24.6 Å². The first-order chi connectivity index (χ1) is 22.7. The van der Waals surface area contributed by atoms with Crippen molar-refractivity contribution in [2.45, 2.75) is 27.4 Å². The summed E-state index contributed by atoms with van der Waals surface area (Å²) >= 11 is 0. The molecule has 6 aromatic rings. The summed E-state index contributed by atoms with van der Waals surface area (Å²) in [6, 6.07) is 29.4. The number of carbonyl (C=O) groups excluding carboxylic acids is 2. The Kier molecular flexibility index (Phi) is 8.52. The van der Waals surface area contributed by atoms with Crippen LogP contribution in [0.25, 0.3) is 32.7 Å². The van der Waals surface area contributed by atoms with Crippen LogP contribution in [-0.4, -0.2) is 29.1 Å². The summed E-state index contributed by atoms with van der Waals surface area (Å²) in [6.45, 7) is 5.75. The third-order valence-corrected chi connectivity index (χ3v) is 8.39. The van der Waals surface area contributed by atoms with E-state index in [-0.39, 0.29) is 29.6 Å². The van der Waals surface area contributed by atoms with Gasteiger partial charge >= 0.3 is 0 Å². The minimum absolute atomic E-state index is 0.0431. The summed E-state index contributed by atoms with van der Waals surface area (Å²) in [7, 11) is 1.56. The van der Waals surface area contributed by atoms with Gasteiger partial charge in [-0.2, -0.15) is 0 Å². The van der Waals surface area contributed by atoms with Crippen LogP contribution in [0.3, 0.4) is 0 Å². The highest BCUT2D eigenvalue weighted by molar-refractivity contribution is 6.17. The van der Waals surface area contributed by atoms with Crippen LogP contribution < -0.4 is 16.1 Å². The molecule has 6 aromatic carbocycles. The Morgan fingerprint density at radius 3 is 1.98 bits per heavy atom. The molecule has 47 heavy (non-hydrogen) atoms. The highest BCUT2D eigenvalue weighted by Gasteiger charge is 2.25. The third kappa shape index (κ3) is 6.06. The quantitative estimate of drug-likeness (QED) is 0.109. The van der Waals surface area contributed by atoms with E-state index in [1.54, 1.807) is 43.4 Å². The maximum Gasteiger partial charge on any atom is 0.259 e. The molecule has 0 aliphatic rings. The third-order valence-electron chi connectivity index (χ3n) is 8.39. The van der Waals surface area contributed by atoms with Crippen molar-refractivity contribution in [1.29, 1.82) is 0 Å². The monoisotopic (exact) mass is 625 g/mol. The second-order valence-electron chi connectivity index (χ2n) is 11.6. The van der Waals surface area contributed by atoms with Crippen molar-refractivity contribution in [2.24, 2.45) is 0 Å². The number of carbonyl (C=O) groups is 2. The molecule has 0 heterocycles. The summed E-state index contributed by atoms with van der Waals surface area (Å²) in [4.78, 5) is 32.2.